The highest BCUT2D eigenvalue weighted by Gasteiger charge is 2.23. The average Bonchev–Trinajstić information content (AvgIpc) is 3.18. The number of carbonyl (C=O) groups excluding carboxylic acids is 1. The van der Waals surface area contributed by atoms with Crippen LogP contribution in [0.15, 0.2) is 69.1 Å². The number of amides is 1. The first kappa shape index (κ1) is 15.2. The van der Waals surface area contributed by atoms with Crippen molar-refractivity contribution in [3.63, 3.8) is 0 Å². The lowest BCUT2D eigenvalue weighted by Crippen LogP contribution is -2.19. The van der Waals surface area contributed by atoms with Gasteiger partial charge in [0.15, 0.2) is 5.17 Å². The summed E-state index contributed by atoms with van der Waals surface area (Å²) in [5.74, 6) is 1.29. The van der Waals surface area contributed by atoms with Crippen molar-refractivity contribution in [1.82, 2.24) is 5.32 Å². The average molecular weight is 326 g/mol. The maximum atomic E-state index is 11.9. The third-order valence-corrected chi connectivity index (χ3v) is 3.91. The molecule has 0 aliphatic carbocycles. The first-order valence-electron chi connectivity index (χ1n) is 6.88. The molecule has 1 aliphatic heterocycles. The van der Waals surface area contributed by atoms with Gasteiger partial charge in [-0.15, -0.1) is 0 Å². The van der Waals surface area contributed by atoms with Crippen LogP contribution in [0, 0.1) is 0 Å². The Morgan fingerprint density at radius 3 is 3.00 bits per heavy atom. The van der Waals surface area contributed by atoms with Crippen molar-refractivity contribution >= 4 is 34.6 Å². The van der Waals surface area contributed by atoms with E-state index in [4.69, 9.17) is 9.15 Å². The van der Waals surface area contributed by atoms with Gasteiger partial charge in [-0.2, -0.15) is 0 Å². The number of carbonyl (C=O) groups is 1. The van der Waals surface area contributed by atoms with Crippen molar-refractivity contribution in [2.24, 2.45) is 4.99 Å². The summed E-state index contributed by atoms with van der Waals surface area (Å²) in [4.78, 5) is 16.9. The molecule has 5 nitrogen and oxygen atoms in total. The summed E-state index contributed by atoms with van der Waals surface area (Å²) < 4.78 is 10.3. The number of methoxy groups -OCH3 is 1. The van der Waals surface area contributed by atoms with Crippen molar-refractivity contribution in [3.8, 4) is 5.75 Å². The van der Waals surface area contributed by atoms with Gasteiger partial charge in [-0.25, -0.2) is 4.99 Å². The van der Waals surface area contributed by atoms with E-state index in [0.717, 1.165) is 17.2 Å². The highest BCUT2D eigenvalue weighted by Crippen LogP contribution is 2.27. The van der Waals surface area contributed by atoms with Crippen LogP contribution in [-0.2, 0) is 4.79 Å². The summed E-state index contributed by atoms with van der Waals surface area (Å²) >= 11 is 1.29. The topological polar surface area (TPSA) is 63.8 Å². The van der Waals surface area contributed by atoms with Crippen LogP contribution in [0.4, 0.5) is 5.69 Å². The van der Waals surface area contributed by atoms with E-state index in [1.807, 2.05) is 30.3 Å². The predicted molar refractivity (Wildman–Crippen MR) is 91.6 cm³/mol. The summed E-state index contributed by atoms with van der Waals surface area (Å²) in [5.41, 5.74) is 0.722. The van der Waals surface area contributed by atoms with Gasteiger partial charge in [0, 0.05) is 6.07 Å². The largest absolute Gasteiger partial charge is 0.497 e. The van der Waals surface area contributed by atoms with Crippen molar-refractivity contribution in [3.05, 3.63) is 65.5 Å². The Bertz CT molecular complexity index is 792. The Morgan fingerprint density at radius 1 is 1.30 bits per heavy atom. The second-order valence-corrected chi connectivity index (χ2v) is 5.61. The molecule has 1 N–H and O–H groups in total. The molecular weight excluding hydrogens is 312 g/mol. The van der Waals surface area contributed by atoms with E-state index in [2.05, 4.69) is 10.3 Å². The molecule has 1 saturated heterocycles. The number of allylic oxidation sites excluding steroid dienone is 2. The number of benzene rings is 1. The second-order valence-electron chi connectivity index (χ2n) is 4.58. The molecule has 0 spiro atoms. The van der Waals surface area contributed by atoms with E-state index in [1.165, 1.54) is 11.8 Å². The maximum absolute atomic E-state index is 11.9. The molecule has 1 amide bonds. The van der Waals surface area contributed by atoms with Gasteiger partial charge in [0.05, 0.1) is 24.0 Å². The number of thioether (sulfide) groups is 1. The Balaban J connectivity index is 1.72. The van der Waals surface area contributed by atoms with Gasteiger partial charge in [-0.3, -0.25) is 4.79 Å². The standard InChI is InChI=1S/C17H14N2O3S/c1-21-14-7-2-5-12(11-14)18-17-19-16(20)15(23-17)9-3-6-13-8-4-10-22-13/h2-11H,1H3,(H,18,19,20)/b6-3+,15-9+. The normalized spacial score (nSPS) is 18.0. The van der Waals surface area contributed by atoms with Crippen LogP contribution in [-0.4, -0.2) is 18.2 Å². The van der Waals surface area contributed by atoms with E-state index >= 15 is 0 Å². The second kappa shape index (κ2) is 7.02. The molecule has 0 saturated carbocycles. The molecular formula is C17H14N2O3S. The molecule has 0 bridgehead atoms. The lowest BCUT2D eigenvalue weighted by molar-refractivity contribution is -0.115. The summed E-state index contributed by atoms with van der Waals surface area (Å²) in [7, 11) is 1.60. The van der Waals surface area contributed by atoms with Crippen LogP contribution in [0.25, 0.3) is 6.08 Å². The number of nitrogens with zero attached hydrogens (tertiary/aromatic N) is 1. The molecule has 2 aromatic rings. The number of rotatable bonds is 4. The zero-order chi connectivity index (χ0) is 16.1. The molecule has 0 radical (unpaired) electrons. The monoisotopic (exact) mass is 326 g/mol. The molecule has 6 heteroatoms. The van der Waals surface area contributed by atoms with Crippen LogP contribution in [0.3, 0.4) is 0 Å². The molecule has 0 unspecified atom stereocenters. The zero-order valence-corrected chi connectivity index (χ0v) is 13.2. The fraction of sp³-hybridized carbons (Fsp3) is 0.0588. The van der Waals surface area contributed by atoms with Gasteiger partial charge in [0.25, 0.3) is 5.91 Å². The fourth-order valence-corrected chi connectivity index (χ4v) is 2.70. The number of furan rings is 1. The van der Waals surface area contributed by atoms with Gasteiger partial charge in [0.1, 0.15) is 11.5 Å². The molecule has 0 atom stereocenters. The smallest absolute Gasteiger partial charge is 0.264 e. The van der Waals surface area contributed by atoms with Gasteiger partial charge in [-0.05, 0) is 48.2 Å². The Kier molecular flexibility index (Phi) is 4.63. The minimum absolute atomic E-state index is 0.166. The zero-order valence-electron chi connectivity index (χ0n) is 12.4. The number of nitrogens with one attached hydrogen (secondary N) is 1. The Labute approximate surface area is 137 Å². The van der Waals surface area contributed by atoms with Gasteiger partial charge >= 0.3 is 0 Å². The first-order chi connectivity index (χ1) is 11.2. The third kappa shape index (κ3) is 3.92. The molecule has 1 fully saturated rings. The first-order valence-corrected chi connectivity index (χ1v) is 7.70. The van der Waals surface area contributed by atoms with Gasteiger partial charge in [0.2, 0.25) is 0 Å². The van der Waals surface area contributed by atoms with E-state index in [9.17, 15) is 4.79 Å². The number of hydrogen-bond acceptors (Lipinski definition) is 5. The molecule has 1 aromatic heterocycles. The fourth-order valence-electron chi connectivity index (χ4n) is 1.91. The van der Waals surface area contributed by atoms with Crippen molar-refractivity contribution in [2.45, 2.75) is 0 Å². The SMILES string of the molecule is COc1cccc(N=C2NC(=O)/C(=C\C=C\c3ccco3)S2)c1. The summed E-state index contributed by atoms with van der Waals surface area (Å²) in [6, 6.07) is 11.0. The predicted octanol–water partition coefficient (Wildman–Crippen LogP) is 3.74. The van der Waals surface area contributed by atoms with Gasteiger partial charge < -0.3 is 14.5 Å². The Hall–Kier alpha value is -2.73. The van der Waals surface area contributed by atoms with Crippen molar-refractivity contribution in [1.29, 1.82) is 0 Å². The summed E-state index contributed by atoms with van der Waals surface area (Å²) in [5, 5.41) is 3.28. The van der Waals surface area contributed by atoms with Crippen molar-refractivity contribution < 1.29 is 13.9 Å². The molecule has 23 heavy (non-hydrogen) atoms. The molecule has 1 aliphatic rings. The van der Waals surface area contributed by atoms with Crippen LogP contribution in [0.1, 0.15) is 5.76 Å². The van der Waals surface area contributed by atoms with Gasteiger partial charge in [-0.1, -0.05) is 12.1 Å². The van der Waals surface area contributed by atoms with Crippen LogP contribution in [0.5, 0.6) is 5.75 Å². The summed E-state index contributed by atoms with van der Waals surface area (Å²) in [6.45, 7) is 0. The van der Waals surface area contributed by atoms with E-state index in [-0.39, 0.29) is 5.91 Å². The minimum Gasteiger partial charge on any atom is -0.497 e. The third-order valence-electron chi connectivity index (χ3n) is 2.99. The van der Waals surface area contributed by atoms with E-state index in [0.29, 0.717) is 10.1 Å². The summed E-state index contributed by atoms with van der Waals surface area (Å²) in [6.07, 6.45) is 6.90. The lowest BCUT2D eigenvalue weighted by Gasteiger charge is -2.00. The minimum atomic E-state index is -0.166. The van der Waals surface area contributed by atoms with Crippen molar-refractivity contribution in [2.75, 3.05) is 7.11 Å². The molecule has 1 aromatic carbocycles. The maximum Gasteiger partial charge on any atom is 0.264 e. The number of amidine groups is 1. The highest BCUT2D eigenvalue weighted by atomic mass is 32.2. The molecule has 116 valence electrons. The number of hydrogen-bond donors (Lipinski definition) is 1. The lowest BCUT2D eigenvalue weighted by atomic mass is 10.3. The Morgan fingerprint density at radius 2 is 2.22 bits per heavy atom. The van der Waals surface area contributed by atoms with Crippen LogP contribution in [0.2, 0.25) is 0 Å². The van der Waals surface area contributed by atoms with Crippen LogP contribution >= 0.6 is 11.8 Å². The highest BCUT2D eigenvalue weighted by molar-refractivity contribution is 8.18. The number of ether oxygens (including phenoxy) is 1. The molecule has 2 heterocycles. The van der Waals surface area contributed by atoms with Crippen LogP contribution < -0.4 is 10.1 Å². The number of aliphatic imine (C=N–C) groups is 1. The van der Waals surface area contributed by atoms with E-state index in [1.54, 1.807) is 37.7 Å². The quantitative estimate of drug-likeness (QED) is 0.870. The van der Waals surface area contributed by atoms with E-state index < -0.39 is 0 Å². The molecule has 3 rings (SSSR count).